The molecule has 0 spiro atoms. The van der Waals surface area contributed by atoms with Crippen LogP contribution < -0.4 is 5.73 Å². The maximum absolute atomic E-state index is 6.24. The summed E-state index contributed by atoms with van der Waals surface area (Å²) in [6, 6.07) is 0. The van der Waals surface area contributed by atoms with E-state index in [0.717, 1.165) is 24.3 Å². The first-order valence-corrected chi connectivity index (χ1v) is 8.64. The molecule has 2 fully saturated rings. The number of likely N-dealkylation sites (tertiary alicyclic amines) is 2. The van der Waals surface area contributed by atoms with Gasteiger partial charge in [-0.05, 0) is 56.7 Å². The van der Waals surface area contributed by atoms with Gasteiger partial charge in [0.25, 0.3) is 0 Å². The fourth-order valence-corrected chi connectivity index (χ4v) is 4.01. The molecule has 20 heavy (non-hydrogen) atoms. The fourth-order valence-electron chi connectivity index (χ4n) is 4.01. The van der Waals surface area contributed by atoms with Crippen molar-refractivity contribution in [3.63, 3.8) is 0 Å². The first kappa shape index (κ1) is 16.3. The number of hydrogen-bond acceptors (Lipinski definition) is 3. The third-order valence-corrected chi connectivity index (χ3v) is 5.80. The molecule has 2 aliphatic rings. The molecule has 2 saturated heterocycles. The molecule has 0 radical (unpaired) electrons. The second-order valence-electron chi connectivity index (χ2n) is 7.81. The van der Waals surface area contributed by atoms with Gasteiger partial charge in [0.2, 0.25) is 0 Å². The third-order valence-electron chi connectivity index (χ3n) is 5.80. The van der Waals surface area contributed by atoms with Crippen LogP contribution in [0.2, 0.25) is 0 Å². The van der Waals surface area contributed by atoms with E-state index >= 15 is 0 Å². The zero-order valence-electron chi connectivity index (χ0n) is 14.1. The minimum absolute atomic E-state index is 0.294. The van der Waals surface area contributed by atoms with Crippen LogP contribution in [0.5, 0.6) is 0 Å². The monoisotopic (exact) mass is 281 g/mol. The number of nitrogens with two attached hydrogens (primary N) is 1. The molecule has 0 aromatic carbocycles. The summed E-state index contributed by atoms with van der Waals surface area (Å²) in [5, 5.41) is 0. The Kier molecular flexibility index (Phi) is 5.49. The van der Waals surface area contributed by atoms with Crippen molar-refractivity contribution in [1.82, 2.24) is 9.80 Å². The van der Waals surface area contributed by atoms with Crippen LogP contribution in [0.3, 0.4) is 0 Å². The van der Waals surface area contributed by atoms with E-state index in [2.05, 4.69) is 37.5 Å². The smallest absolute Gasteiger partial charge is 0.0356 e. The van der Waals surface area contributed by atoms with E-state index in [1.165, 1.54) is 52.0 Å². The summed E-state index contributed by atoms with van der Waals surface area (Å²) >= 11 is 0. The Labute approximate surface area is 125 Å². The van der Waals surface area contributed by atoms with Gasteiger partial charge in [-0.15, -0.1) is 0 Å². The molecule has 2 unspecified atom stereocenters. The van der Waals surface area contributed by atoms with Crippen LogP contribution in [-0.4, -0.2) is 54.6 Å². The van der Waals surface area contributed by atoms with E-state index in [-0.39, 0.29) is 0 Å². The number of nitrogens with zero attached hydrogens (tertiary/aromatic N) is 2. The van der Waals surface area contributed by atoms with E-state index in [9.17, 15) is 0 Å². The molecule has 2 heterocycles. The van der Waals surface area contributed by atoms with Gasteiger partial charge in [0.15, 0.2) is 0 Å². The average molecular weight is 281 g/mol. The van der Waals surface area contributed by atoms with Gasteiger partial charge in [0.05, 0.1) is 0 Å². The van der Waals surface area contributed by atoms with Gasteiger partial charge in [0, 0.05) is 25.2 Å². The molecule has 0 saturated carbocycles. The lowest BCUT2D eigenvalue weighted by molar-refractivity contribution is -0.0127. The Morgan fingerprint density at radius 1 is 1.10 bits per heavy atom. The lowest BCUT2D eigenvalue weighted by atomic mass is 9.80. The minimum atomic E-state index is 0.294. The zero-order chi connectivity index (χ0) is 14.8. The Morgan fingerprint density at radius 3 is 2.25 bits per heavy atom. The number of piperidine rings is 2. The minimum Gasteiger partial charge on any atom is -0.329 e. The Hall–Kier alpha value is -0.120. The van der Waals surface area contributed by atoms with Crippen molar-refractivity contribution >= 4 is 0 Å². The molecule has 0 aromatic rings. The van der Waals surface area contributed by atoms with Crippen LogP contribution in [0.1, 0.15) is 47.0 Å². The van der Waals surface area contributed by atoms with Gasteiger partial charge >= 0.3 is 0 Å². The fraction of sp³-hybridized carbons (Fsp3) is 1.00. The summed E-state index contributed by atoms with van der Waals surface area (Å²) in [5.74, 6) is 2.47. The van der Waals surface area contributed by atoms with E-state index in [4.69, 9.17) is 5.73 Å². The zero-order valence-corrected chi connectivity index (χ0v) is 14.1. The first-order chi connectivity index (χ1) is 9.47. The van der Waals surface area contributed by atoms with Crippen molar-refractivity contribution in [2.24, 2.45) is 23.5 Å². The highest BCUT2D eigenvalue weighted by Crippen LogP contribution is 2.34. The van der Waals surface area contributed by atoms with Crippen LogP contribution in [0.15, 0.2) is 0 Å². The molecule has 0 aromatic heterocycles. The van der Waals surface area contributed by atoms with Crippen LogP contribution in [0.4, 0.5) is 0 Å². The van der Waals surface area contributed by atoms with Crippen molar-refractivity contribution in [3.05, 3.63) is 0 Å². The largest absolute Gasteiger partial charge is 0.329 e. The lowest BCUT2D eigenvalue weighted by Crippen LogP contribution is -2.62. The van der Waals surface area contributed by atoms with Crippen LogP contribution in [-0.2, 0) is 0 Å². The summed E-state index contributed by atoms with van der Waals surface area (Å²) in [7, 11) is 0. The van der Waals surface area contributed by atoms with E-state index in [0.29, 0.717) is 5.54 Å². The molecule has 0 bridgehead atoms. The van der Waals surface area contributed by atoms with E-state index in [1.54, 1.807) is 0 Å². The van der Waals surface area contributed by atoms with Crippen LogP contribution in [0, 0.1) is 17.8 Å². The highest BCUT2D eigenvalue weighted by atomic mass is 15.3. The molecule has 0 amide bonds. The van der Waals surface area contributed by atoms with Crippen molar-refractivity contribution in [2.75, 3.05) is 39.3 Å². The maximum atomic E-state index is 6.24. The Balaban J connectivity index is 1.94. The molecule has 2 N–H and O–H groups in total. The molecule has 3 nitrogen and oxygen atoms in total. The second kappa shape index (κ2) is 6.76. The average Bonchev–Trinajstić information content (AvgIpc) is 2.42. The normalized spacial score (nSPS) is 32.7. The summed E-state index contributed by atoms with van der Waals surface area (Å²) in [6.45, 7) is 16.5. The van der Waals surface area contributed by atoms with E-state index in [1.807, 2.05) is 0 Å². The SMILES string of the molecule is CC(C)CN1CCC(CN)(N2CCC(C)C(C)C2)CC1. The molecular weight excluding hydrogens is 246 g/mol. The van der Waals surface area contributed by atoms with Gasteiger partial charge in [-0.3, -0.25) is 4.90 Å². The quantitative estimate of drug-likeness (QED) is 0.859. The van der Waals surface area contributed by atoms with Gasteiger partial charge in [-0.1, -0.05) is 27.7 Å². The predicted octanol–water partition coefficient (Wildman–Crippen LogP) is 2.41. The van der Waals surface area contributed by atoms with Crippen molar-refractivity contribution in [2.45, 2.75) is 52.5 Å². The predicted molar refractivity (Wildman–Crippen MR) is 86.8 cm³/mol. The van der Waals surface area contributed by atoms with Crippen molar-refractivity contribution in [1.29, 1.82) is 0 Å². The topological polar surface area (TPSA) is 32.5 Å². The first-order valence-electron chi connectivity index (χ1n) is 8.64. The molecular formula is C17H35N3. The summed E-state index contributed by atoms with van der Waals surface area (Å²) in [6.07, 6.45) is 3.87. The molecule has 3 heteroatoms. The highest BCUT2D eigenvalue weighted by molar-refractivity contribution is 4.98. The molecule has 2 atom stereocenters. The van der Waals surface area contributed by atoms with E-state index < -0.39 is 0 Å². The number of rotatable bonds is 4. The highest BCUT2D eigenvalue weighted by Gasteiger charge is 2.41. The third kappa shape index (κ3) is 3.55. The Bertz CT molecular complexity index is 295. The Morgan fingerprint density at radius 2 is 1.75 bits per heavy atom. The number of hydrogen-bond donors (Lipinski definition) is 1. The van der Waals surface area contributed by atoms with Crippen LogP contribution in [0.25, 0.3) is 0 Å². The molecule has 0 aliphatic carbocycles. The van der Waals surface area contributed by atoms with Crippen molar-refractivity contribution < 1.29 is 0 Å². The summed E-state index contributed by atoms with van der Waals surface area (Å²) in [5.41, 5.74) is 6.53. The van der Waals surface area contributed by atoms with Gasteiger partial charge in [0.1, 0.15) is 0 Å². The summed E-state index contributed by atoms with van der Waals surface area (Å²) in [4.78, 5) is 5.37. The molecule has 118 valence electrons. The summed E-state index contributed by atoms with van der Waals surface area (Å²) < 4.78 is 0. The van der Waals surface area contributed by atoms with Gasteiger partial charge < -0.3 is 10.6 Å². The standard InChI is InChI=1S/C17H35N3/c1-14(2)11-19-9-6-17(13-18,7-10-19)20-8-5-15(3)16(4)12-20/h14-16H,5-13,18H2,1-4H3. The van der Waals surface area contributed by atoms with Crippen LogP contribution >= 0.6 is 0 Å². The van der Waals surface area contributed by atoms with Gasteiger partial charge in [-0.2, -0.15) is 0 Å². The van der Waals surface area contributed by atoms with Gasteiger partial charge in [-0.25, -0.2) is 0 Å². The lowest BCUT2D eigenvalue weighted by Gasteiger charge is -2.52. The molecule has 2 rings (SSSR count). The second-order valence-corrected chi connectivity index (χ2v) is 7.81. The van der Waals surface area contributed by atoms with Crippen molar-refractivity contribution in [3.8, 4) is 0 Å². The molecule has 2 aliphatic heterocycles. The maximum Gasteiger partial charge on any atom is 0.0356 e.